The van der Waals surface area contributed by atoms with Crippen LogP contribution in [-0.4, -0.2) is 84.4 Å². The number of carbonyl (C=O) groups excluding carboxylic acids is 6. The molecule has 4 N–H and O–H groups in total. The summed E-state index contributed by atoms with van der Waals surface area (Å²) >= 11 is 0. The highest BCUT2D eigenvalue weighted by Crippen LogP contribution is 2.29. The van der Waals surface area contributed by atoms with Gasteiger partial charge in [0, 0.05) is 37.4 Å². The first-order valence-electron chi connectivity index (χ1n) is 15.5. The van der Waals surface area contributed by atoms with Crippen molar-refractivity contribution in [1.29, 1.82) is 0 Å². The third-order valence-electron chi connectivity index (χ3n) is 8.56. The second-order valence-corrected chi connectivity index (χ2v) is 13.2. The minimum absolute atomic E-state index is 0.138. The number of Topliss-reactive ketones (excluding diaryl/α,β-unsaturated/α-hetero) is 1. The standard InChI is InChI=1S/C30H47F2N5O6/c1-30(2,3)29(43)36-23(17-9-6-5-7-10-17)28(42)37(4)21(16-22(31)32)26(40)35-20(15-18-11-8-14-33-25(18)39)24(38)27(41)34-19-12-13-19/h17-23H,5-16H2,1-4H3,(H,33,39)(H,34,41)(H,35,40)(H,36,43)/t18-,20-,21-,23+/m0/s1. The Bertz CT molecular complexity index is 1050. The van der Waals surface area contributed by atoms with Gasteiger partial charge in [0.1, 0.15) is 12.1 Å². The quantitative estimate of drug-likeness (QED) is 0.233. The maximum absolute atomic E-state index is 13.9. The van der Waals surface area contributed by atoms with Crippen LogP contribution in [0.15, 0.2) is 0 Å². The minimum atomic E-state index is -2.97. The fourth-order valence-corrected chi connectivity index (χ4v) is 5.68. The summed E-state index contributed by atoms with van der Waals surface area (Å²) in [6.07, 6.45) is 2.37. The second kappa shape index (κ2) is 15.1. The van der Waals surface area contributed by atoms with Crippen molar-refractivity contribution in [2.75, 3.05) is 13.6 Å². The number of halogens is 2. The Balaban J connectivity index is 1.84. The van der Waals surface area contributed by atoms with Crippen LogP contribution in [0.4, 0.5) is 8.78 Å². The highest BCUT2D eigenvalue weighted by molar-refractivity contribution is 6.38. The van der Waals surface area contributed by atoms with E-state index in [1.54, 1.807) is 20.8 Å². The molecule has 242 valence electrons. The molecule has 0 aromatic rings. The lowest BCUT2D eigenvalue weighted by molar-refractivity contribution is -0.147. The molecule has 2 saturated carbocycles. The Labute approximate surface area is 252 Å². The first kappa shape index (κ1) is 34.4. The zero-order valence-electron chi connectivity index (χ0n) is 25.7. The summed E-state index contributed by atoms with van der Waals surface area (Å²) in [5.41, 5.74) is -0.814. The summed E-state index contributed by atoms with van der Waals surface area (Å²) in [6.45, 7) is 5.57. The monoisotopic (exact) mass is 611 g/mol. The molecule has 0 unspecified atom stereocenters. The predicted octanol–water partition coefficient (Wildman–Crippen LogP) is 1.83. The number of carbonyl (C=O) groups is 6. The van der Waals surface area contributed by atoms with Crippen molar-refractivity contribution < 1.29 is 37.5 Å². The van der Waals surface area contributed by atoms with Crippen LogP contribution in [0.25, 0.3) is 0 Å². The normalized spacial score (nSPS) is 21.7. The SMILES string of the molecule is CN(C(=O)[C@H](NC(=O)C(C)(C)C)C1CCCCC1)[C@@H](CC(F)F)C(=O)N[C@@H](C[C@@H]1CCCNC1=O)C(=O)C(=O)NC1CC1. The molecular formula is C30H47F2N5O6. The number of hydrogen-bond acceptors (Lipinski definition) is 6. The van der Waals surface area contributed by atoms with E-state index < -0.39 is 65.8 Å². The summed E-state index contributed by atoms with van der Waals surface area (Å²) < 4.78 is 27.6. The summed E-state index contributed by atoms with van der Waals surface area (Å²) in [6, 6.07) is -4.29. The molecule has 4 atom stereocenters. The lowest BCUT2D eigenvalue weighted by atomic mass is 9.82. The van der Waals surface area contributed by atoms with Gasteiger partial charge in [-0.1, -0.05) is 40.0 Å². The van der Waals surface area contributed by atoms with E-state index >= 15 is 0 Å². The van der Waals surface area contributed by atoms with Crippen molar-refractivity contribution in [2.24, 2.45) is 17.3 Å². The number of rotatable bonds is 13. The van der Waals surface area contributed by atoms with Gasteiger partial charge < -0.3 is 26.2 Å². The van der Waals surface area contributed by atoms with Crippen molar-refractivity contribution in [1.82, 2.24) is 26.2 Å². The molecule has 11 nitrogen and oxygen atoms in total. The molecule has 5 amide bonds. The zero-order valence-corrected chi connectivity index (χ0v) is 25.7. The number of nitrogens with zero attached hydrogens (tertiary/aromatic N) is 1. The molecule has 13 heteroatoms. The summed E-state index contributed by atoms with van der Waals surface area (Å²) in [5, 5.41) is 10.5. The summed E-state index contributed by atoms with van der Waals surface area (Å²) in [7, 11) is 1.24. The molecule has 0 aromatic carbocycles. The molecule has 0 bridgehead atoms. The average Bonchev–Trinajstić information content (AvgIpc) is 3.77. The Morgan fingerprint density at radius 3 is 2.16 bits per heavy atom. The van der Waals surface area contributed by atoms with Crippen molar-refractivity contribution >= 4 is 35.3 Å². The molecule has 3 aliphatic rings. The Morgan fingerprint density at radius 2 is 1.60 bits per heavy atom. The smallest absolute Gasteiger partial charge is 0.289 e. The number of ketones is 1. The van der Waals surface area contributed by atoms with Gasteiger partial charge >= 0.3 is 0 Å². The van der Waals surface area contributed by atoms with Gasteiger partial charge in [0.15, 0.2) is 0 Å². The molecule has 0 spiro atoms. The average molecular weight is 612 g/mol. The van der Waals surface area contributed by atoms with Gasteiger partial charge in [-0.05, 0) is 50.9 Å². The van der Waals surface area contributed by atoms with Crippen molar-refractivity contribution in [3.63, 3.8) is 0 Å². The van der Waals surface area contributed by atoms with Crippen LogP contribution in [0.3, 0.4) is 0 Å². The van der Waals surface area contributed by atoms with Crippen LogP contribution in [-0.2, 0) is 28.8 Å². The highest BCUT2D eigenvalue weighted by Gasteiger charge is 2.41. The van der Waals surface area contributed by atoms with Crippen molar-refractivity contribution in [2.45, 2.75) is 122 Å². The molecular weight excluding hydrogens is 564 g/mol. The van der Waals surface area contributed by atoms with E-state index in [-0.39, 0.29) is 30.2 Å². The van der Waals surface area contributed by atoms with Crippen LogP contribution < -0.4 is 21.3 Å². The Morgan fingerprint density at radius 1 is 0.953 bits per heavy atom. The molecule has 0 radical (unpaired) electrons. The van der Waals surface area contributed by atoms with Gasteiger partial charge in [-0.3, -0.25) is 28.8 Å². The van der Waals surface area contributed by atoms with Crippen LogP contribution in [0.1, 0.15) is 91.4 Å². The molecule has 1 saturated heterocycles. The molecule has 3 fully saturated rings. The third kappa shape index (κ3) is 9.96. The molecule has 1 heterocycles. The van der Waals surface area contributed by atoms with Gasteiger partial charge in [-0.15, -0.1) is 0 Å². The molecule has 2 aliphatic carbocycles. The van der Waals surface area contributed by atoms with E-state index in [0.29, 0.717) is 32.2 Å². The summed E-state index contributed by atoms with van der Waals surface area (Å²) in [5.74, 6) is -5.17. The first-order valence-corrected chi connectivity index (χ1v) is 15.5. The first-order chi connectivity index (χ1) is 20.2. The number of nitrogens with one attached hydrogen (secondary N) is 4. The van der Waals surface area contributed by atoms with Crippen LogP contribution in [0.5, 0.6) is 0 Å². The lowest BCUT2D eigenvalue weighted by Gasteiger charge is -2.37. The number of hydrogen-bond donors (Lipinski definition) is 4. The summed E-state index contributed by atoms with van der Waals surface area (Å²) in [4.78, 5) is 79.5. The van der Waals surface area contributed by atoms with Gasteiger partial charge in [-0.25, -0.2) is 8.78 Å². The lowest BCUT2D eigenvalue weighted by Crippen LogP contribution is -2.60. The van der Waals surface area contributed by atoms with E-state index in [1.807, 2.05) is 0 Å². The van der Waals surface area contributed by atoms with Crippen LogP contribution in [0, 0.1) is 17.3 Å². The van der Waals surface area contributed by atoms with Crippen molar-refractivity contribution in [3.8, 4) is 0 Å². The molecule has 43 heavy (non-hydrogen) atoms. The Hall–Kier alpha value is -3.12. The predicted molar refractivity (Wildman–Crippen MR) is 154 cm³/mol. The number of alkyl halides is 2. The van der Waals surface area contributed by atoms with Gasteiger partial charge in [0.05, 0.1) is 6.04 Å². The topological polar surface area (TPSA) is 154 Å². The van der Waals surface area contributed by atoms with Crippen LogP contribution in [0.2, 0.25) is 0 Å². The van der Waals surface area contributed by atoms with Gasteiger partial charge in [-0.2, -0.15) is 0 Å². The largest absolute Gasteiger partial charge is 0.356 e. The molecule has 0 aromatic heterocycles. The fourth-order valence-electron chi connectivity index (χ4n) is 5.68. The van der Waals surface area contributed by atoms with Crippen molar-refractivity contribution in [3.05, 3.63) is 0 Å². The van der Waals surface area contributed by atoms with E-state index in [9.17, 15) is 37.5 Å². The zero-order chi connectivity index (χ0) is 31.9. The maximum Gasteiger partial charge on any atom is 0.289 e. The Kier molecular flexibility index (Phi) is 12.0. The second-order valence-electron chi connectivity index (χ2n) is 13.2. The molecule has 3 rings (SSSR count). The van der Waals surface area contributed by atoms with E-state index in [0.717, 1.165) is 37.0 Å². The number of piperidine rings is 1. The maximum atomic E-state index is 13.9. The fraction of sp³-hybridized carbons (Fsp3) is 0.800. The van der Waals surface area contributed by atoms with E-state index in [4.69, 9.17) is 0 Å². The van der Waals surface area contributed by atoms with Gasteiger partial charge in [0.2, 0.25) is 35.8 Å². The van der Waals surface area contributed by atoms with E-state index in [2.05, 4.69) is 21.3 Å². The number of amides is 5. The highest BCUT2D eigenvalue weighted by atomic mass is 19.3. The van der Waals surface area contributed by atoms with Gasteiger partial charge in [0.25, 0.3) is 5.91 Å². The molecule has 1 aliphatic heterocycles. The van der Waals surface area contributed by atoms with Crippen LogP contribution >= 0.6 is 0 Å². The minimum Gasteiger partial charge on any atom is -0.356 e. The number of likely N-dealkylation sites (N-methyl/N-ethyl adjacent to an activating group) is 1. The third-order valence-corrected chi connectivity index (χ3v) is 8.56. The van der Waals surface area contributed by atoms with E-state index in [1.165, 1.54) is 7.05 Å².